The van der Waals surface area contributed by atoms with Crippen molar-refractivity contribution in [1.82, 2.24) is 4.98 Å². The normalized spacial score (nSPS) is 9.80. The molecule has 0 unspecified atom stereocenters. The number of nitrogens with zero attached hydrogens (tertiary/aromatic N) is 1. The largest absolute Gasteiger partial charge is 0.397 e. The lowest BCUT2D eigenvalue weighted by molar-refractivity contribution is 1.05. The van der Waals surface area contributed by atoms with Crippen LogP contribution in [-0.2, 0) is 6.42 Å². The van der Waals surface area contributed by atoms with E-state index in [4.69, 9.17) is 5.73 Å². The van der Waals surface area contributed by atoms with Gasteiger partial charge < -0.3 is 5.73 Å². The molecule has 0 aliphatic rings. The Balaban J connectivity index is 3.09. The van der Waals surface area contributed by atoms with Gasteiger partial charge >= 0.3 is 0 Å². The molecule has 1 aromatic rings. The Bertz CT molecular complexity index is 231. The van der Waals surface area contributed by atoms with E-state index in [9.17, 15) is 0 Å². The van der Waals surface area contributed by atoms with Crippen molar-refractivity contribution in [3.63, 3.8) is 0 Å². The second-order valence-electron chi connectivity index (χ2n) is 2.37. The van der Waals surface area contributed by atoms with Gasteiger partial charge in [0.25, 0.3) is 0 Å². The molecule has 0 aromatic carbocycles. The van der Waals surface area contributed by atoms with E-state index in [1.807, 2.05) is 13.0 Å². The molecule has 1 heterocycles. The SMILES string of the molecule is CCc1cc(N)cnc1C. The maximum Gasteiger partial charge on any atom is 0.0503 e. The molecule has 0 radical (unpaired) electrons. The highest BCUT2D eigenvalue weighted by Crippen LogP contribution is 2.08. The zero-order valence-electron chi connectivity index (χ0n) is 6.39. The molecule has 0 aliphatic carbocycles. The summed E-state index contributed by atoms with van der Waals surface area (Å²) in [4.78, 5) is 4.12. The fourth-order valence-electron chi connectivity index (χ4n) is 0.955. The molecule has 54 valence electrons. The number of aromatic nitrogens is 1. The van der Waals surface area contributed by atoms with Crippen molar-refractivity contribution in [3.05, 3.63) is 23.5 Å². The second kappa shape index (κ2) is 2.69. The average molecular weight is 136 g/mol. The van der Waals surface area contributed by atoms with E-state index in [2.05, 4.69) is 11.9 Å². The molecule has 2 nitrogen and oxygen atoms in total. The highest BCUT2D eigenvalue weighted by molar-refractivity contribution is 5.39. The topological polar surface area (TPSA) is 38.9 Å². The van der Waals surface area contributed by atoms with Crippen LogP contribution < -0.4 is 5.73 Å². The van der Waals surface area contributed by atoms with E-state index in [1.165, 1.54) is 5.56 Å². The van der Waals surface area contributed by atoms with Gasteiger partial charge in [0.1, 0.15) is 0 Å². The number of nitrogens with two attached hydrogens (primary N) is 1. The second-order valence-corrected chi connectivity index (χ2v) is 2.37. The number of anilines is 1. The van der Waals surface area contributed by atoms with Crippen LogP contribution in [0.1, 0.15) is 18.2 Å². The summed E-state index contributed by atoms with van der Waals surface area (Å²) in [5, 5.41) is 0. The molecule has 1 rings (SSSR count). The Morgan fingerprint density at radius 3 is 2.80 bits per heavy atom. The lowest BCUT2D eigenvalue weighted by Gasteiger charge is -2.01. The third-order valence-electron chi connectivity index (χ3n) is 1.59. The summed E-state index contributed by atoms with van der Waals surface area (Å²) < 4.78 is 0. The first-order chi connectivity index (χ1) is 4.74. The minimum Gasteiger partial charge on any atom is -0.397 e. The maximum absolute atomic E-state index is 5.54. The summed E-state index contributed by atoms with van der Waals surface area (Å²) in [6.45, 7) is 4.10. The number of nitrogen functional groups attached to an aromatic ring is 1. The van der Waals surface area contributed by atoms with Crippen molar-refractivity contribution in [3.8, 4) is 0 Å². The minimum atomic E-state index is 0.752. The van der Waals surface area contributed by atoms with Crippen LogP contribution in [0.15, 0.2) is 12.3 Å². The van der Waals surface area contributed by atoms with Crippen LogP contribution in [-0.4, -0.2) is 4.98 Å². The molecule has 0 amide bonds. The van der Waals surface area contributed by atoms with Gasteiger partial charge in [-0.05, 0) is 25.0 Å². The van der Waals surface area contributed by atoms with Gasteiger partial charge in [0.05, 0.1) is 11.9 Å². The van der Waals surface area contributed by atoms with Crippen molar-refractivity contribution < 1.29 is 0 Å². The summed E-state index contributed by atoms with van der Waals surface area (Å²) in [6, 6.07) is 1.97. The van der Waals surface area contributed by atoms with Crippen LogP contribution in [0.25, 0.3) is 0 Å². The average Bonchev–Trinajstić information content (AvgIpc) is 1.94. The van der Waals surface area contributed by atoms with Gasteiger partial charge in [0, 0.05) is 5.69 Å². The monoisotopic (exact) mass is 136 g/mol. The minimum absolute atomic E-state index is 0.752. The van der Waals surface area contributed by atoms with Crippen molar-refractivity contribution in [2.24, 2.45) is 0 Å². The molecule has 1 aromatic heterocycles. The Hall–Kier alpha value is -1.05. The first-order valence-corrected chi connectivity index (χ1v) is 3.45. The zero-order valence-corrected chi connectivity index (χ0v) is 6.39. The Labute approximate surface area is 61.1 Å². The number of pyridine rings is 1. The molecular weight excluding hydrogens is 124 g/mol. The van der Waals surface area contributed by atoms with Gasteiger partial charge in [0.2, 0.25) is 0 Å². The number of hydrogen-bond acceptors (Lipinski definition) is 2. The molecule has 0 aliphatic heterocycles. The molecule has 0 atom stereocenters. The van der Waals surface area contributed by atoms with Crippen LogP contribution >= 0.6 is 0 Å². The summed E-state index contributed by atoms with van der Waals surface area (Å²) in [5.41, 5.74) is 8.61. The van der Waals surface area contributed by atoms with Crippen molar-refractivity contribution in [2.75, 3.05) is 5.73 Å². The lowest BCUT2D eigenvalue weighted by atomic mass is 10.1. The Morgan fingerprint density at radius 2 is 2.30 bits per heavy atom. The van der Waals surface area contributed by atoms with Gasteiger partial charge in [-0.3, -0.25) is 4.98 Å². The predicted molar refractivity (Wildman–Crippen MR) is 42.8 cm³/mol. The maximum atomic E-state index is 5.54. The first kappa shape index (κ1) is 7.06. The van der Waals surface area contributed by atoms with Crippen molar-refractivity contribution in [2.45, 2.75) is 20.3 Å². The molecule has 2 heteroatoms. The third-order valence-corrected chi connectivity index (χ3v) is 1.59. The zero-order chi connectivity index (χ0) is 7.56. The van der Waals surface area contributed by atoms with Crippen LogP contribution in [0.4, 0.5) is 5.69 Å². The number of rotatable bonds is 1. The van der Waals surface area contributed by atoms with E-state index in [0.717, 1.165) is 17.8 Å². The van der Waals surface area contributed by atoms with Crippen LogP contribution in [0, 0.1) is 6.92 Å². The van der Waals surface area contributed by atoms with Crippen LogP contribution in [0.2, 0.25) is 0 Å². The van der Waals surface area contributed by atoms with Crippen LogP contribution in [0.3, 0.4) is 0 Å². The molecular formula is C8H12N2. The van der Waals surface area contributed by atoms with Gasteiger partial charge in [-0.2, -0.15) is 0 Å². The highest BCUT2D eigenvalue weighted by Gasteiger charge is 1.95. The number of hydrogen-bond donors (Lipinski definition) is 1. The standard InChI is InChI=1S/C8H12N2/c1-3-7-4-8(9)5-10-6(7)2/h4-5H,3,9H2,1-2H3. The van der Waals surface area contributed by atoms with Crippen molar-refractivity contribution >= 4 is 5.69 Å². The molecule has 0 fully saturated rings. The predicted octanol–water partition coefficient (Wildman–Crippen LogP) is 1.53. The molecule has 10 heavy (non-hydrogen) atoms. The molecule has 0 bridgehead atoms. The third kappa shape index (κ3) is 1.26. The van der Waals surface area contributed by atoms with Crippen LogP contribution in [0.5, 0.6) is 0 Å². The lowest BCUT2D eigenvalue weighted by Crippen LogP contribution is -1.93. The number of aryl methyl sites for hydroxylation is 2. The van der Waals surface area contributed by atoms with Gasteiger partial charge in [-0.1, -0.05) is 6.92 Å². The summed E-state index contributed by atoms with van der Waals surface area (Å²) in [6.07, 6.45) is 2.69. The molecule has 0 saturated heterocycles. The Kier molecular flexibility index (Phi) is 1.90. The van der Waals surface area contributed by atoms with E-state index < -0.39 is 0 Å². The molecule has 0 spiro atoms. The molecule has 2 N–H and O–H groups in total. The van der Waals surface area contributed by atoms with Gasteiger partial charge in [0.15, 0.2) is 0 Å². The van der Waals surface area contributed by atoms with E-state index in [0.29, 0.717) is 0 Å². The van der Waals surface area contributed by atoms with E-state index in [-0.39, 0.29) is 0 Å². The summed E-state index contributed by atoms with van der Waals surface area (Å²) in [7, 11) is 0. The smallest absolute Gasteiger partial charge is 0.0503 e. The van der Waals surface area contributed by atoms with Crippen molar-refractivity contribution in [1.29, 1.82) is 0 Å². The fourth-order valence-corrected chi connectivity index (χ4v) is 0.955. The van der Waals surface area contributed by atoms with E-state index >= 15 is 0 Å². The summed E-state index contributed by atoms with van der Waals surface area (Å²) >= 11 is 0. The Morgan fingerprint density at radius 1 is 1.60 bits per heavy atom. The first-order valence-electron chi connectivity index (χ1n) is 3.45. The van der Waals surface area contributed by atoms with E-state index in [1.54, 1.807) is 6.20 Å². The van der Waals surface area contributed by atoms with Gasteiger partial charge in [-0.25, -0.2) is 0 Å². The molecule has 0 saturated carbocycles. The van der Waals surface area contributed by atoms with Gasteiger partial charge in [-0.15, -0.1) is 0 Å². The highest BCUT2D eigenvalue weighted by atomic mass is 14.7. The quantitative estimate of drug-likeness (QED) is 0.636. The fraction of sp³-hybridized carbons (Fsp3) is 0.375. The summed E-state index contributed by atoms with van der Waals surface area (Å²) in [5.74, 6) is 0.